The second kappa shape index (κ2) is 15.0. The minimum Gasteiger partial charge on any atom is -0.501 e. The number of rotatable bonds is 5. The van der Waals surface area contributed by atoms with Crippen LogP contribution in [0.25, 0.3) is 61.3 Å². The summed E-state index contributed by atoms with van der Waals surface area (Å²) in [5, 5.41) is 3.33. The fourth-order valence-electron chi connectivity index (χ4n) is 6.69. The molecule has 0 bridgehead atoms. The number of aromatic nitrogens is 4. The fourth-order valence-corrected chi connectivity index (χ4v) is 8.09. The largest absolute Gasteiger partial charge is 0.501 e. The van der Waals surface area contributed by atoms with E-state index in [1.807, 2.05) is 101 Å². The van der Waals surface area contributed by atoms with E-state index in [9.17, 15) is 0 Å². The minimum atomic E-state index is -1.70. The van der Waals surface area contributed by atoms with Crippen molar-refractivity contribution in [2.75, 3.05) is 0 Å². The molecule has 0 fully saturated rings. The summed E-state index contributed by atoms with van der Waals surface area (Å²) >= 11 is 0. The zero-order valence-corrected chi connectivity index (χ0v) is 35.2. The number of benzene rings is 4. The molecule has 4 aromatic heterocycles. The summed E-state index contributed by atoms with van der Waals surface area (Å²) in [6.07, 6.45) is 2.28. The van der Waals surface area contributed by atoms with Crippen molar-refractivity contribution < 1.29 is 27.3 Å². The summed E-state index contributed by atoms with van der Waals surface area (Å²) < 4.78 is 26.1. The number of imidazole rings is 1. The van der Waals surface area contributed by atoms with Gasteiger partial charge in [0.15, 0.2) is 0 Å². The topological polar surface area (TPSA) is 56.7 Å². The summed E-state index contributed by atoms with van der Waals surface area (Å²) in [6.45, 7) is 18.8. The third-order valence-electron chi connectivity index (χ3n) is 9.09. The van der Waals surface area contributed by atoms with Crippen molar-refractivity contribution in [2.45, 2.75) is 67.6 Å². The fraction of sp³-hybridized carbons (Fsp3) is 0.239. The molecule has 5 nitrogen and oxygen atoms in total. The van der Waals surface area contributed by atoms with Gasteiger partial charge in [-0.3, -0.25) is 9.97 Å². The zero-order chi connectivity index (χ0) is 38.6. The molecule has 7 heteroatoms. The first kappa shape index (κ1) is 35.4. The molecule has 8 rings (SSSR count). The Balaban J connectivity index is 0.000000193. The van der Waals surface area contributed by atoms with Crippen molar-refractivity contribution in [3.8, 4) is 28.3 Å². The molecule has 1 radical (unpaired) electrons. The quantitative estimate of drug-likeness (QED) is 0.128. The first-order chi connectivity index (χ1) is 25.6. The van der Waals surface area contributed by atoms with Crippen molar-refractivity contribution >= 4 is 46.2 Å². The van der Waals surface area contributed by atoms with Crippen molar-refractivity contribution in [3.05, 3.63) is 138 Å². The molecular formula is C46H46IrN4OSi-2. The molecule has 8 aromatic rings. The van der Waals surface area contributed by atoms with Crippen molar-refractivity contribution in [1.29, 1.82) is 0 Å². The standard InChI is InChI=1S/C27H20N3O.C19H26NSi.Ir/c1-16-9-11-20-23(15-16)31-26-21(12-10-17(2)24(20)26)27-29-22-13-14-28-18(3)25(22)30(27)19-7-5-4-6-8-19;1-19(2,3)13-16-12-17(15-10-8-7-9-11-15)20-14-18(16)21(4,5)6;/h4-11,13-15H,1-3H3;7-10,12,14H,13H2,1-6H3;/q2*-1;/i;13D2;. The smallest absolute Gasteiger partial charge is 0.121 e. The number of hydrogen-bond acceptors (Lipinski definition) is 4. The van der Waals surface area contributed by atoms with Crippen LogP contribution in [0.2, 0.25) is 19.6 Å². The van der Waals surface area contributed by atoms with E-state index in [0.29, 0.717) is 0 Å². The maximum atomic E-state index is 8.75. The molecule has 4 heterocycles. The first-order valence-corrected chi connectivity index (χ1v) is 21.3. The summed E-state index contributed by atoms with van der Waals surface area (Å²) in [5.74, 6) is 0.804. The molecule has 0 amide bonds. The Morgan fingerprint density at radius 1 is 0.887 bits per heavy atom. The molecule has 0 spiro atoms. The molecule has 53 heavy (non-hydrogen) atoms. The molecule has 0 saturated heterocycles. The second-order valence-corrected chi connectivity index (χ2v) is 20.6. The van der Waals surface area contributed by atoms with Crippen molar-refractivity contribution in [1.82, 2.24) is 19.5 Å². The second-order valence-electron chi connectivity index (χ2n) is 15.5. The van der Waals surface area contributed by atoms with E-state index in [1.54, 1.807) is 0 Å². The summed E-state index contributed by atoms with van der Waals surface area (Å²) in [7, 11) is -1.70. The summed E-state index contributed by atoms with van der Waals surface area (Å²) in [6, 6.07) is 36.9. The minimum absolute atomic E-state index is 0. The number of nitrogens with zero attached hydrogens (tertiary/aromatic N) is 4. The van der Waals surface area contributed by atoms with Gasteiger partial charge in [0.2, 0.25) is 0 Å². The van der Waals surface area contributed by atoms with E-state index in [1.165, 1.54) is 5.56 Å². The van der Waals surface area contributed by atoms with Crippen LogP contribution >= 0.6 is 0 Å². The van der Waals surface area contributed by atoms with Crippen LogP contribution in [0.15, 0.2) is 108 Å². The predicted molar refractivity (Wildman–Crippen MR) is 219 cm³/mol. The van der Waals surface area contributed by atoms with E-state index in [4.69, 9.17) is 12.1 Å². The Hall–Kier alpha value is -4.68. The van der Waals surface area contributed by atoms with Gasteiger partial charge >= 0.3 is 0 Å². The van der Waals surface area contributed by atoms with Gasteiger partial charge < -0.3 is 14.0 Å². The third kappa shape index (κ3) is 7.84. The van der Waals surface area contributed by atoms with Crippen LogP contribution in [-0.2, 0) is 26.5 Å². The molecule has 4 aromatic carbocycles. The number of aryl methyl sites for hydroxylation is 3. The number of pyridine rings is 2. The third-order valence-corrected chi connectivity index (χ3v) is 11.1. The van der Waals surface area contributed by atoms with Crippen LogP contribution in [0.1, 0.15) is 45.9 Å². The van der Waals surface area contributed by atoms with Gasteiger partial charge in [-0.15, -0.1) is 53.6 Å². The van der Waals surface area contributed by atoms with Crippen LogP contribution in [0.5, 0.6) is 0 Å². The number of furan rings is 1. The van der Waals surface area contributed by atoms with Crippen LogP contribution < -0.4 is 5.19 Å². The average molecular weight is 893 g/mol. The van der Waals surface area contributed by atoms with Crippen LogP contribution in [0.4, 0.5) is 0 Å². The monoisotopic (exact) mass is 893 g/mol. The van der Waals surface area contributed by atoms with Crippen molar-refractivity contribution in [3.63, 3.8) is 0 Å². The van der Waals surface area contributed by atoms with E-state index in [0.717, 1.165) is 83.3 Å². The number of fused-ring (bicyclic) bond motifs is 4. The number of hydrogen-bond donors (Lipinski definition) is 0. The van der Waals surface area contributed by atoms with Gasteiger partial charge in [0, 0.05) is 46.3 Å². The summed E-state index contributed by atoms with van der Waals surface area (Å²) in [4.78, 5) is 14.2. The van der Waals surface area contributed by atoms with Crippen molar-refractivity contribution in [2.24, 2.45) is 5.41 Å². The Morgan fingerprint density at radius 2 is 1.64 bits per heavy atom. The van der Waals surface area contributed by atoms with E-state index in [-0.39, 0.29) is 20.1 Å². The van der Waals surface area contributed by atoms with Gasteiger partial charge in [0.1, 0.15) is 5.58 Å². The Kier molecular flexibility index (Phi) is 9.99. The maximum absolute atomic E-state index is 8.75. The van der Waals surface area contributed by atoms with E-state index >= 15 is 0 Å². The molecule has 0 aliphatic rings. The first-order valence-electron chi connectivity index (χ1n) is 18.8. The van der Waals surface area contributed by atoms with Gasteiger partial charge in [0.25, 0.3) is 0 Å². The van der Waals surface area contributed by atoms with Gasteiger partial charge in [-0.1, -0.05) is 100 Å². The molecule has 0 atom stereocenters. The number of para-hydroxylation sites is 1. The zero-order valence-electron chi connectivity index (χ0n) is 33.8. The predicted octanol–water partition coefficient (Wildman–Crippen LogP) is 11.4. The molecule has 0 aliphatic heterocycles. The Bertz CT molecular complexity index is 2640. The van der Waals surface area contributed by atoms with Crippen LogP contribution in [-0.4, -0.2) is 27.6 Å². The molecule has 0 saturated carbocycles. The molecular weight excluding hydrogens is 845 g/mol. The Labute approximate surface area is 330 Å². The SMILES string of the molecule is Cc1ccc2c(c1)oc1c(-c3nc4ccnc(C)c4n3-c3ccccc3)[c-]cc(C)c12.[2H]C([2H])(c1cc(-c2[c-]cccc2)ncc1[Si](C)(C)C)C(C)(C)C.[Ir]. The molecule has 0 aliphatic carbocycles. The Morgan fingerprint density at radius 3 is 2.34 bits per heavy atom. The normalized spacial score (nSPS) is 12.6. The van der Waals surface area contributed by atoms with Crippen LogP contribution in [0.3, 0.4) is 0 Å². The van der Waals surface area contributed by atoms with E-state index < -0.39 is 19.9 Å². The molecule has 0 unspecified atom stereocenters. The average Bonchev–Trinajstić information content (AvgIpc) is 3.72. The van der Waals surface area contributed by atoms with E-state index in [2.05, 4.69) is 90.5 Å². The van der Waals surface area contributed by atoms with Crippen LogP contribution in [0, 0.1) is 38.3 Å². The molecule has 271 valence electrons. The summed E-state index contributed by atoms with van der Waals surface area (Å²) in [5.41, 5.74) is 10.7. The maximum Gasteiger partial charge on any atom is 0.121 e. The van der Waals surface area contributed by atoms with Gasteiger partial charge in [-0.25, -0.2) is 0 Å². The van der Waals surface area contributed by atoms with Gasteiger partial charge in [0.05, 0.1) is 36.2 Å². The molecule has 0 N–H and O–H groups in total. The van der Waals surface area contributed by atoms with Gasteiger partial charge in [-0.05, 0) is 66.3 Å². The van der Waals surface area contributed by atoms with Gasteiger partial charge in [-0.2, -0.15) is 0 Å².